The van der Waals surface area contributed by atoms with Crippen molar-refractivity contribution >= 4 is 23.2 Å². The van der Waals surface area contributed by atoms with Gasteiger partial charge in [-0.25, -0.2) is 0 Å². The molecule has 0 aliphatic heterocycles. The molecule has 4 aliphatic rings. The standard InChI is InChI=1S/C36H49NO5/c1-23(39)31-16-17-32-35-33(42-24(2)40)21-26-20-28(41)14-15-29(26)34(35)30(22-36(31,32)3)25-10-12-27(13-11-25)37(4)18-8-6-5-7-9-19-38/h10-13,20,30-33,35,38H,5-9,14-19,21-22H2,1-4H3/t30-,31+,32+,33?,35-,36-/m1/s1. The second kappa shape index (κ2) is 12.9. The number of Topliss-reactive ketones (excluding diaryl/α,β-unsaturated/α-hetero) is 1. The highest BCUT2D eigenvalue weighted by molar-refractivity contribution is 5.93. The molecule has 4 aliphatic carbocycles. The number of esters is 1. The zero-order valence-electron chi connectivity index (χ0n) is 26.0. The molecule has 6 atom stereocenters. The third-order valence-electron chi connectivity index (χ3n) is 10.9. The van der Waals surface area contributed by atoms with E-state index in [0.29, 0.717) is 12.8 Å². The summed E-state index contributed by atoms with van der Waals surface area (Å²) < 4.78 is 6.07. The normalized spacial score (nSPS) is 30.3. The number of benzene rings is 1. The number of allylic oxidation sites excluding steroid dienone is 2. The van der Waals surface area contributed by atoms with E-state index in [1.54, 1.807) is 13.0 Å². The zero-order valence-corrected chi connectivity index (χ0v) is 26.0. The van der Waals surface area contributed by atoms with E-state index >= 15 is 0 Å². The summed E-state index contributed by atoms with van der Waals surface area (Å²) in [6.07, 6.45) is 11.5. The number of hydrogen-bond donors (Lipinski definition) is 1. The van der Waals surface area contributed by atoms with Crippen molar-refractivity contribution in [3.63, 3.8) is 0 Å². The third kappa shape index (κ3) is 6.02. The van der Waals surface area contributed by atoms with E-state index in [1.807, 2.05) is 0 Å². The molecule has 42 heavy (non-hydrogen) atoms. The number of carbonyl (C=O) groups is 3. The van der Waals surface area contributed by atoms with Crippen LogP contribution in [0.4, 0.5) is 5.69 Å². The summed E-state index contributed by atoms with van der Waals surface area (Å²) >= 11 is 0. The molecular weight excluding hydrogens is 526 g/mol. The van der Waals surface area contributed by atoms with Crippen LogP contribution in [0.1, 0.15) is 103 Å². The predicted octanol–water partition coefficient (Wildman–Crippen LogP) is 6.71. The number of nitrogens with zero attached hydrogens (tertiary/aromatic N) is 1. The molecule has 228 valence electrons. The molecule has 0 heterocycles. The van der Waals surface area contributed by atoms with Gasteiger partial charge < -0.3 is 14.7 Å². The predicted molar refractivity (Wildman–Crippen MR) is 165 cm³/mol. The highest BCUT2D eigenvalue weighted by Crippen LogP contribution is 2.66. The molecule has 0 aromatic heterocycles. The molecule has 6 heteroatoms. The van der Waals surface area contributed by atoms with Gasteiger partial charge >= 0.3 is 5.97 Å². The van der Waals surface area contributed by atoms with Crippen LogP contribution >= 0.6 is 0 Å². The van der Waals surface area contributed by atoms with Gasteiger partial charge in [-0.2, -0.15) is 0 Å². The second-order valence-corrected chi connectivity index (χ2v) is 13.6. The summed E-state index contributed by atoms with van der Waals surface area (Å²) in [7, 11) is 2.15. The topological polar surface area (TPSA) is 83.9 Å². The van der Waals surface area contributed by atoms with E-state index in [2.05, 4.69) is 43.1 Å². The average molecular weight is 576 g/mol. The van der Waals surface area contributed by atoms with Gasteiger partial charge in [-0.05, 0) is 91.7 Å². The molecule has 0 amide bonds. The lowest BCUT2D eigenvalue weighted by Crippen LogP contribution is -2.50. The SMILES string of the molecule is CC(=O)OC1CC2=CC(=O)CCC2=C2[C@@H](c3ccc(N(C)CCCCCCCO)cc3)C[C@]3(C)[C@H](C(C)=O)CC[C@H]3[C@@H]21. The number of ketones is 2. The number of unbranched alkanes of at least 4 members (excludes halogenated alkanes) is 4. The lowest BCUT2D eigenvalue weighted by molar-refractivity contribution is -0.152. The number of fused-ring (bicyclic) bond motifs is 4. The van der Waals surface area contributed by atoms with Gasteiger partial charge in [-0.3, -0.25) is 14.4 Å². The van der Waals surface area contributed by atoms with Gasteiger partial charge in [0.2, 0.25) is 0 Å². The quantitative estimate of drug-likeness (QED) is 0.233. The van der Waals surface area contributed by atoms with E-state index in [0.717, 1.165) is 63.5 Å². The molecule has 0 saturated heterocycles. The van der Waals surface area contributed by atoms with Gasteiger partial charge in [-0.15, -0.1) is 0 Å². The number of aliphatic hydroxyl groups excluding tert-OH is 1. The van der Waals surface area contributed by atoms with E-state index in [4.69, 9.17) is 9.84 Å². The molecule has 2 saturated carbocycles. The van der Waals surface area contributed by atoms with E-state index in [9.17, 15) is 14.4 Å². The fraction of sp³-hybridized carbons (Fsp3) is 0.639. The van der Waals surface area contributed by atoms with Crippen molar-refractivity contribution in [3.8, 4) is 0 Å². The van der Waals surface area contributed by atoms with Crippen LogP contribution in [-0.4, -0.2) is 48.9 Å². The van der Waals surface area contributed by atoms with Crippen molar-refractivity contribution in [1.82, 2.24) is 0 Å². The zero-order chi connectivity index (χ0) is 30.0. The first-order chi connectivity index (χ1) is 20.1. The summed E-state index contributed by atoms with van der Waals surface area (Å²) in [5.41, 5.74) is 5.99. The number of carbonyl (C=O) groups excluding carboxylic acids is 3. The van der Waals surface area contributed by atoms with Crippen LogP contribution in [0.2, 0.25) is 0 Å². The number of aliphatic hydroxyl groups is 1. The van der Waals surface area contributed by atoms with Gasteiger partial charge in [0.05, 0.1) is 0 Å². The minimum atomic E-state index is -0.306. The Kier molecular flexibility index (Phi) is 9.41. The van der Waals surface area contributed by atoms with Crippen molar-refractivity contribution in [2.24, 2.45) is 23.2 Å². The Morgan fingerprint density at radius 3 is 2.43 bits per heavy atom. The van der Waals surface area contributed by atoms with Crippen LogP contribution in [0.25, 0.3) is 0 Å². The summed E-state index contributed by atoms with van der Waals surface area (Å²) in [4.78, 5) is 40.1. The summed E-state index contributed by atoms with van der Waals surface area (Å²) in [6, 6.07) is 8.97. The van der Waals surface area contributed by atoms with E-state index < -0.39 is 0 Å². The molecule has 0 spiro atoms. The first kappa shape index (κ1) is 30.7. The lowest BCUT2D eigenvalue weighted by Gasteiger charge is -2.54. The first-order valence-corrected chi connectivity index (χ1v) is 16.2. The van der Waals surface area contributed by atoms with Gasteiger partial charge in [0.15, 0.2) is 5.78 Å². The molecule has 1 unspecified atom stereocenters. The van der Waals surface area contributed by atoms with Crippen molar-refractivity contribution in [1.29, 1.82) is 0 Å². The van der Waals surface area contributed by atoms with Crippen molar-refractivity contribution in [2.75, 3.05) is 25.1 Å². The minimum Gasteiger partial charge on any atom is -0.462 e. The molecule has 0 bridgehead atoms. The maximum Gasteiger partial charge on any atom is 0.302 e. The number of anilines is 1. The van der Waals surface area contributed by atoms with Crippen LogP contribution in [-0.2, 0) is 19.1 Å². The molecule has 5 rings (SSSR count). The smallest absolute Gasteiger partial charge is 0.302 e. The second-order valence-electron chi connectivity index (χ2n) is 13.6. The Balaban J connectivity index is 1.49. The fourth-order valence-electron chi connectivity index (χ4n) is 9.01. The van der Waals surface area contributed by atoms with Crippen LogP contribution in [0.5, 0.6) is 0 Å². The van der Waals surface area contributed by atoms with Crippen LogP contribution in [0.3, 0.4) is 0 Å². The molecule has 1 N–H and O–H groups in total. The molecule has 1 aromatic rings. The van der Waals surface area contributed by atoms with Crippen LogP contribution < -0.4 is 4.90 Å². The van der Waals surface area contributed by atoms with Gasteiger partial charge in [0, 0.05) is 63.4 Å². The van der Waals surface area contributed by atoms with Gasteiger partial charge in [-0.1, -0.05) is 43.9 Å². The molecule has 1 aromatic carbocycles. The van der Waals surface area contributed by atoms with Crippen molar-refractivity contribution in [2.45, 2.75) is 103 Å². The summed E-state index contributed by atoms with van der Waals surface area (Å²) in [6.45, 7) is 6.81. The van der Waals surface area contributed by atoms with Crippen molar-refractivity contribution in [3.05, 3.63) is 52.6 Å². The number of ether oxygens (including phenoxy) is 1. The van der Waals surface area contributed by atoms with Gasteiger partial charge in [0.25, 0.3) is 0 Å². The van der Waals surface area contributed by atoms with Crippen molar-refractivity contribution < 1.29 is 24.2 Å². The van der Waals surface area contributed by atoms with E-state index in [-0.39, 0.29) is 59.3 Å². The molecule has 2 fully saturated rings. The monoisotopic (exact) mass is 575 g/mol. The lowest BCUT2D eigenvalue weighted by atomic mass is 9.51. The Labute approximate surface area is 251 Å². The number of hydrogen-bond acceptors (Lipinski definition) is 6. The molecule has 6 nitrogen and oxygen atoms in total. The number of rotatable bonds is 11. The Morgan fingerprint density at radius 2 is 1.74 bits per heavy atom. The van der Waals surface area contributed by atoms with Crippen LogP contribution in [0.15, 0.2) is 47.1 Å². The first-order valence-electron chi connectivity index (χ1n) is 16.2. The Bertz CT molecular complexity index is 1250. The third-order valence-corrected chi connectivity index (χ3v) is 10.9. The Morgan fingerprint density at radius 1 is 1.02 bits per heavy atom. The fourth-order valence-corrected chi connectivity index (χ4v) is 9.01. The average Bonchev–Trinajstić information content (AvgIpc) is 3.31. The molecule has 0 radical (unpaired) electrons. The van der Waals surface area contributed by atoms with E-state index in [1.165, 1.54) is 35.7 Å². The summed E-state index contributed by atoms with van der Waals surface area (Å²) in [5, 5.41) is 8.99. The Hall–Kier alpha value is -2.73. The largest absolute Gasteiger partial charge is 0.462 e. The summed E-state index contributed by atoms with van der Waals surface area (Å²) in [5.74, 6) is 0.620. The maximum atomic E-state index is 13.0. The van der Waals surface area contributed by atoms with Gasteiger partial charge in [0.1, 0.15) is 11.9 Å². The highest BCUT2D eigenvalue weighted by Gasteiger charge is 2.60. The molecular formula is C36H49NO5. The van der Waals surface area contributed by atoms with Crippen LogP contribution in [0, 0.1) is 23.2 Å². The highest BCUT2D eigenvalue weighted by atomic mass is 16.5. The maximum absolute atomic E-state index is 13.0. The minimum absolute atomic E-state index is 0.0159.